The fourth-order valence-electron chi connectivity index (χ4n) is 2.00. The number of nitrogens with one attached hydrogen (secondary N) is 4. The molecule has 0 fully saturated rings. The molecule has 0 aromatic carbocycles. The van der Waals surface area contributed by atoms with Gasteiger partial charge in [0.25, 0.3) is 5.91 Å². The van der Waals surface area contributed by atoms with E-state index in [1.54, 1.807) is 26.2 Å². The predicted octanol–water partition coefficient (Wildman–Crippen LogP) is -0.906. The van der Waals surface area contributed by atoms with Gasteiger partial charge in [-0.1, -0.05) is 26.2 Å². The first-order valence-corrected chi connectivity index (χ1v) is 11.3. The number of aromatic nitrogens is 2. The van der Waals surface area contributed by atoms with Crippen molar-refractivity contribution in [2.24, 2.45) is 0 Å². The third kappa shape index (κ3) is 24.6. The van der Waals surface area contributed by atoms with E-state index >= 15 is 0 Å². The quantitative estimate of drug-likeness (QED) is 0.0831. The van der Waals surface area contributed by atoms with Crippen LogP contribution in [0.5, 0.6) is 0 Å². The van der Waals surface area contributed by atoms with Gasteiger partial charge in [0.05, 0.1) is 27.7 Å². The number of hydrogen-bond donors (Lipinski definition) is 4. The molecule has 1 aromatic heterocycles. The minimum absolute atomic E-state index is 0. The number of amides is 2. The van der Waals surface area contributed by atoms with Gasteiger partial charge in [-0.3, -0.25) is 19.0 Å². The molecule has 4 N–H and O–H groups in total. The van der Waals surface area contributed by atoms with Crippen LogP contribution < -0.4 is 33.5 Å². The number of carbonyl (C=O) groups excluding carboxylic acids is 3. The van der Waals surface area contributed by atoms with E-state index in [0.29, 0.717) is 24.2 Å². The van der Waals surface area contributed by atoms with Crippen molar-refractivity contribution in [3.8, 4) is 0 Å². The van der Waals surface area contributed by atoms with Crippen LogP contribution in [0, 0.1) is 0 Å². The molecule has 0 aliphatic carbocycles. The Morgan fingerprint density at radius 3 is 1.97 bits per heavy atom. The molecule has 0 radical (unpaired) electrons. The lowest BCUT2D eigenvalue weighted by molar-refractivity contribution is -0.870. The Labute approximate surface area is 226 Å². The van der Waals surface area contributed by atoms with Gasteiger partial charge in [0.1, 0.15) is 6.33 Å². The number of hydrazine groups is 1. The van der Waals surface area contributed by atoms with E-state index in [1.165, 1.54) is 17.0 Å². The zero-order valence-corrected chi connectivity index (χ0v) is 23.5. The molecule has 0 aliphatic rings. The lowest BCUT2D eigenvalue weighted by atomic mass is 10.3. The fraction of sp³-hybridized carbons (Fsp3) is 0.478. The van der Waals surface area contributed by atoms with E-state index < -0.39 is 0 Å². The summed E-state index contributed by atoms with van der Waals surface area (Å²) in [5, 5.41) is 5.49. The summed E-state index contributed by atoms with van der Waals surface area (Å²) in [7, 11) is 6.42. The van der Waals surface area contributed by atoms with Gasteiger partial charge >= 0.3 is 0 Å². The number of hydrogen-bond acceptors (Lipinski definition) is 6. The average molecular weight is 549 g/mol. The van der Waals surface area contributed by atoms with Crippen LogP contribution in [0.4, 0.5) is 0 Å². The van der Waals surface area contributed by atoms with Crippen molar-refractivity contribution in [1.82, 2.24) is 30.7 Å². The van der Waals surface area contributed by atoms with Gasteiger partial charge in [-0.15, -0.1) is 6.54 Å². The Morgan fingerprint density at radius 1 is 1.06 bits per heavy atom. The molecule has 0 saturated heterocycles. The van der Waals surface area contributed by atoms with E-state index in [-0.39, 0.29) is 30.1 Å². The molecule has 0 bridgehead atoms. The summed E-state index contributed by atoms with van der Waals surface area (Å²) in [6.45, 7) is 16.7. The molecule has 1 rings (SSSR count). The van der Waals surface area contributed by atoms with Crippen molar-refractivity contribution in [3.63, 3.8) is 0 Å². The van der Waals surface area contributed by atoms with Gasteiger partial charge in [0, 0.05) is 43.1 Å². The van der Waals surface area contributed by atoms with Crippen LogP contribution in [0.15, 0.2) is 55.7 Å². The number of imidazole rings is 1. The molecule has 11 nitrogen and oxygen atoms in total. The summed E-state index contributed by atoms with van der Waals surface area (Å²) in [4.78, 5) is 38.5. The second kappa shape index (κ2) is 22.9. The smallest absolute Gasteiger partial charge is 0.255 e. The Hall–Kier alpha value is -2.54. The molecule has 2 amide bonds. The van der Waals surface area contributed by atoms with E-state index in [2.05, 4.69) is 72.4 Å². The Bertz CT molecular complexity index is 794. The van der Waals surface area contributed by atoms with Crippen LogP contribution >= 0.6 is 11.8 Å². The van der Waals surface area contributed by atoms with E-state index in [4.69, 9.17) is 11.8 Å². The van der Waals surface area contributed by atoms with Crippen LogP contribution in [-0.2, 0) is 9.59 Å². The number of halogens is 2. The highest BCUT2D eigenvalue weighted by Gasteiger charge is 2.06. The molecule has 0 unspecified atom stereocenters. The van der Waals surface area contributed by atoms with Crippen molar-refractivity contribution in [2.75, 3.05) is 47.3 Å². The average Bonchev–Trinajstić information content (AvgIpc) is 3.33. The van der Waals surface area contributed by atoms with Gasteiger partial charge in [0.2, 0.25) is 11.8 Å². The summed E-state index contributed by atoms with van der Waals surface area (Å²) in [5.74, 6) is -0.322. The Morgan fingerprint density at radius 2 is 1.58 bits per heavy atom. The number of allylic oxidation sites excluding steroid dienone is 1. The fourth-order valence-corrected chi connectivity index (χ4v) is 2.06. The van der Waals surface area contributed by atoms with Crippen molar-refractivity contribution in [2.45, 2.75) is 26.7 Å². The van der Waals surface area contributed by atoms with E-state index in [0.717, 1.165) is 30.4 Å². The van der Waals surface area contributed by atoms with Crippen molar-refractivity contribution in [1.29, 1.82) is 0 Å². The second-order valence-corrected chi connectivity index (χ2v) is 8.58. The molecule has 0 saturated carbocycles. The summed E-state index contributed by atoms with van der Waals surface area (Å²) in [6.07, 6.45) is 7.55. The van der Waals surface area contributed by atoms with Crippen molar-refractivity contribution < 1.29 is 31.3 Å². The maximum atomic E-state index is 11.1. The number of carbonyl (C=O) groups is 3. The highest BCUT2D eigenvalue weighted by atomic mass is 35.5. The maximum absolute atomic E-state index is 11.1. The summed E-state index contributed by atoms with van der Waals surface area (Å²) in [6, 6.07) is 0. The van der Waals surface area contributed by atoms with Gasteiger partial charge in [-0.05, 0) is 31.7 Å². The highest BCUT2D eigenvalue weighted by molar-refractivity contribution is 6.13. The molecule has 36 heavy (non-hydrogen) atoms. The van der Waals surface area contributed by atoms with Crippen LogP contribution in [0.2, 0.25) is 0 Å². The topological polar surface area (TPSA) is 131 Å². The molecule has 0 aliphatic heterocycles. The zero-order valence-electron chi connectivity index (χ0n) is 21.9. The molecule has 1 heterocycles. The third-order valence-electron chi connectivity index (χ3n) is 3.85. The minimum atomic E-state index is -0.160. The van der Waals surface area contributed by atoms with Gasteiger partial charge in [-0.25, -0.2) is 4.98 Å². The van der Waals surface area contributed by atoms with Crippen LogP contribution in [0.1, 0.15) is 31.5 Å². The first kappa shape index (κ1) is 38.0. The van der Waals surface area contributed by atoms with Crippen LogP contribution in [0.3, 0.4) is 0 Å². The van der Waals surface area contributed by atoms with E-state index in [1.807, 2.05) is 0 Å². The molecular formula is C23H41Cl2N8O3-. The Kier molecular flexibility index (Phi) is 24.2. The summed E-state index contributed by atoms with van der Waals surface area (Å²) >= 11 is 5.07. The summed E-state index contributed by atoms with van der Waals surface area (Å²) in [5.41, 5.74) is 7.22. The number of quaternary nitrogens is 1. The molecular weight excluding hydrogens is 507 g/mol. The molecule has 206 valence electrons. The zero-order chi connectivity index (χ0) is 27.3. The molecule has 0 atom stereocenters. The first-order valence-electron chi connectivity index (χ1n) is 10.9. The van der Waals surface area contributed by atoms with Crippen LogP contribution in [0.25, 0.3) is 5.43 Å². The minimum Gasteiger partial charge on any atom is -1.00 e. The monoisotopic (exact) mass is 547 g/mol. The number of nitrogens with zero attached hydrogens (tertiary/aromatic N) is 4. The number of rotatable bonds is 13. The Balaban J connectivity index is -0.000000454. The first-order chi connectivity index (χ1) is 16.4. The largest absolute Gasteiger partial charge is 1.00 e. The summed E-state index contributed by atoms with van der Waals surface area (Å²) < 4.78 is 2.29. The normalized spacial score (nSPS) is 9.72. The molecule has 13 heteroatoms. The lowest BCUT2D eigenvalue weighted by Crippen LogP contribution is -3.00. The maximum Gasteiger partial charge on any atom is 0.255 e. The van der Waals surface area contributed by atoms with Gasteiger partial charge in [-0.2, -0.15) is 4.94 Å². The van der Waals surface area contributed by atoms with Gasteiger partial charge in [0.15, 0.2) is 0 Å². The van der Waals surface area contributed by atoms with E-state index in [9.17, 15) is 14.4 Å². The van der Waals surface area contributed by atoms with Crippen molar-refractivity contribution in [3.05, 3.63) is 61.1 Å². The lowest BCUT2D eigenvalue weighted by Gasteiger charge is -2.23. The molecule has 1 aromatic rings. The SMILES string of the molecule is C=C(C)C(=O)NCCC[N+](C)(C)C.C=C(C)C(=O)NCCC[N-]NNCl.C=CC(=O)n1ccnc1.[Cl-]. The van der Waals surface area contributed by atoms with Crippen molar-refractivity contribution >= 4 is 29.5 Å². The van der Waals surface area contributed by atoms with Gasteiger partial charge < -0.3 is 38.5 Å². The molecule has 0 spiro atoms. The predicted molar refractivity (Wildman–Crippen MR) is 141 cm³/mol. The third-order valence-corrected chi connectivity index (χ3v) is 3.94. The van der Waals surface area contributed by atoms with Crippen LogP contribution in [-0.4, -0.2) is 79.1 Å². The standard InChI is InChI=1S/C10H20N2O.C7H14ClN4O.C6H6N2O.ClH/c1-9(2)10(13)11-7-6-8-12(3,4)5;1-6(2)7(13)9-4-3-5-10-12-11-8;1-2-6(9)8-4-3-7-5-8;/h1,6-8H2,2-5H3;11-12H,1,3-5H2,2H3,(H,9,13);2-5H,1H2;1H/q;-1;;. The highest BCUT2D eigenvalue weighted by Crippen LogP contribution is 1.93. The second-order valence-electron chi connectivity index (χ2n) is 8.39.